The van der Waals surface area contributed by atoms with E-state index in [9.17, 15) is 0 Å². The van der Waals surface area contributed by atoms with Gasteiger partial charge in [-0.2, -0.15) is 0 Å². The molecule has 0 amide bonds. The lowest BCUT2D eigenvalue weighted by molar-refractivity contribution is 0.633. The van der Waals surface area contributed by atoms with Crippen molar-refractivity contribution in [1.29, 1.82) is 0 Å². The molecule has 0 saturated heterocycles. The summed E-state index contributed by atoms with van der Waals surface area (Å²) in [4.78, 5) is 0. The van der Waals surface area contributed by atoms with Crippen LogP contribution in [0.5, 0.6) is 0 Å². The summed E-state index contributed by atoms with van der Waals surface area (Å²) in [6.45, 7) is 5.17. The van der Waals surface area contributed by atoms with Crippen LogP contribution in [0.1, 0.15) is 19.4 Å². The van der Waals surface area contributed by atoms with Gasteiger partial charge in [0.25, 0.3) is 0 Å². The zero-order valence-electron chi connectivity index (χ0n) is 8.63. The molecule has 1 aromatic rings. The van der Waals surface area contributed by atoms with Crippen molar-refractivity contribution >= 4 is 17.7 Å². The van der Waals surface area contributed by atoms with E-state index in [-0.39, 0.29) is 0 Å². The molecule has 0 aromatic heterocycles. The summed E-state index contributed by atoms with van der Waals surface area (Å²) in [6.07, 6.45) is 4.20. The van der Waals surface area contributed by atoms with Gasteiger partial charge in [-0.25, -0.2) is 0 Å². The Balaban J connectivity index is 2.40. The Hall–Kier alpha value is -0.790. The number of nitrogens with one attached hydrogen (secondary N) is 1. The fourth-order valence-electron chi connectivity index (χ4n) is 1.07. The molecule has 1 rings (SSSR count). The molecule has 76 valence electrons. The third-order valence-corrected chi connectivity index (χ3v) is 2.08. The predicted octanol–water partition coefficient (Wildman–Crippen LogP) is 3.35. The van der Waals surface area contributed by atoms with Gasteiger partial charge in [-0.1, -0.05) is 49.7 Å². The maximum atomic E-state index is 5.78. The third-order valence-electron chi connectivity index (χ3n) is 1.82. The summed E-state index contributed by atoms with van der Waals surface area (Å²) in [5.74, 6) is 0. The van der Waals surface area contributed by atoms with Crippen LogP contribution in [-0.4, -0.2) is 12.6 Å². The second-order valence-corrected chi connectivity index (χ2v) is 3.95. The van der Waals surface area contributed by atoms with E-state index in [4.69, 9.17) is 11.6 Å². The lowest BCUT2D eigenvalue weighted by Gasteiger charge is -2.03. The largest absolute Gasteiger partial charge is 0.311 e. The zero-order valence-corrected chi connectivity index (χ0v) is 9.38. The average molecular weight is 210 g/mol. The van der Waals surface area contributed by atoms with E-state index in [1.807, 2.05) is 24.3 Å². The molecule has 0 bridgehead atoms. The summed E-state index contributed by atoms with van der Waals surface area (Å²) < 4.78 is 0. The molecule has 1 aromatic carbocycles. The van der Waals surface area contributed by atoms with Gasteiger partial charge in [-0.15, -0.1) is 0 Å². The first-order chi connectivity index (χ1) is 6.68. The maximum Gasteiger partial charge on any atom is 0.0406 e. The molecule has 14 heavy (non-hydrogen) atoms. The number of hydrogen-bond donors (Lipinski definition) is 1. The molecule has 2 heteroatoms. The van der Waals surface area contributed by atoms with Gasteiger partial charge in [-0.05, 0) is 17.7 Å². The monoisotopic (exact) mass is 209 g/mol. The highest BCUT2D eigenvalue weighted by Crippen LogP contribution is 2.10. The van der Waals surface area contributed by atoms with E-state index in [2.05, 4.69) is 31.3 Å². The Morgan fingerprint density at radius 3 is 2.50 bits per heavy atom. The lowest BCUT2D eigenvalue weighted by Crippen LogP contribution is -2.22. The quantitative estimate of drug-likeness (QED) is 0.802. The van der Waals surface area contributed by atoms with Gasteiger partial charge in [0.2, 0.25) is 0 Å². The molecule has 0 heterocycles. The van der Waals surface area contributed by atoms with Crippen molar-refractivity contribution in [3.63, 3.8) is 0 Å². The van der Waals surface area contributed by atoms with Gasteiger partial charge in [0.05, 0.1) is 0 Å². The minimum Gasteiger partial charge on any atom is -0.311 e. The molecule has 1 nitrogen and oxygen atoms in total. The third kappa shape index (κ3) is 4.45. The fourth-order valence-corrected chi connectivity index (χ4v) is 1.20. The molecule has 0 radical (unpaired) electrons. The Morgan fingerprint density at radius 2 is 1.93 bits per heavy atom. The van der Waals surface area contributed by atoms with Crippen LogP contribution in [0, 0.1) is 0 Å². The van der Waals surface area contributed by atoms with Crippen molar-refractivity contribution in [2.24, 2.45) is 0 Å². The van der Waals surface area contributed by atoms with Crippen molar-refractivity contribution in [2.75, 3.05) is 6.54 Å². The molecule has 0 aliphatic rings. The van der Waals surface area contributed by atoms with Gasteiger partial charge in [0.15, 0.2) is 0 Å². The first-order valence-electron chi connectivity index (χ1n) is 4.84. The number of rotatable bonds is 4. The summed E-state index contributed by atoms with van der Waals surface area (Å²) in [7, 11) is 0. The first-order valence-corrected chi connectivity index (χ1v) is 5.22. The minimum atomic E-state index is 0.532. The molecule has 0 aliphatic carbocycles. The predicted molar refractivity (Wildman–Crippen MR) is 63.6 cm³/mol. The summed E-state index contributed by atoms with van der Waals surface area (Å²) in [5.41, 5.74) is 1.18. The highest BCUT2D eigenvalue weighted by Gasteiger charge is 1.88. The van der Waals surface area contributed by atoms with Crippen molar-refractivity contribution in [3.05, 3.63) is 40.9 Å². The van der Waals surface area contributed by atoms with Crippen LogP contribution in [-0.2, 0) is 0 Å². The minimum absolute atomic E-state index is 0.532. The van der Waals surface area contributed by atoms with E-state index in [0.29, 0.717) is 6.04 Å². The Bertz CT molecular complexity index is 288. The van der Waals surface area contributed by atoms with Crippen molar-refractivity contribution in [1.82, 2.24) is 5.32 Å². The molecule has 0 aliphatic heterocycles. The standard InChI is InChI=1S/C12H16ClN/c1-10(2)14-9-3-4-11-5-7-12(13)8-6-11/h3-8,10,14H,9H2,1-2H3/b4-3-. The molecule has 0 spiro atoms. The van der Waals surface area contributed by atoms with E-state index in [1.54, 1.807) is 0 Å². The number of benzene rings is 1. The van der Waals surface area contributed by atoms with Crippen LogP contribution in [0.4, 0.5) is 0 Å². The van der Waals surface area contributed by atoms with Crippen LogP contribution >= 0.6 is 11.6 Å². The van der Waals surface area contributed by atoms with Crippen LogP contribution in [0.3, 0.4) is 0 Å². The number of halogens is 1. The molecule has 0 unspecified atom stereocenters. The molecule has 0 saturated carbocycles. The second kappa shape index (κ2) is 5.84. The van der Waals surface area contributed by atoms with Crippen LogP contribution < -0.4 is 5.32 Å². The van der Waals surface area contributed by atoms with Crippen LogP contribution in [0.25, 0.3) is 6.08 Å². The Morgan fingerprint density at radius 1 is 1.29 bits per heavy atom. The fraction of sp³-hybridized carbons (Fsp3) is 0.333. The van der Waals surface area contributed by atoms with Crippen LogP contribution in [0.2, 0.25) is 5.02 Å². The molecular weight excluding hydrogens is 194 g/mol. The van der Waals surface area contributed by atoms with E-state index in [0.717, 1.165) is 11.6 Å². The summed E-state index contributed by atoms with van der Waals surface area (Å²) in [5, 5.41) is 4.09. The topological polar surface area (TPSA) is 12.0 Å². The van der Waals surface area contributed by atoms with E-state index < -0.39 is 0 Å². The highest BCUT2D eigenvalue weighted by molar-refractivity contribution is 6.30. The molecule has 0 atom stereocenters. The highest BCUT2D eigenvalue weighted by atomic mass is 35.5. The lowest BCUT2D eigenvalue weighted by atomic mass is 10.2. The van der Waals surface area contributed by atoms with Crippen molar-refractivity contribution in [3.8, 4) is 0 Å². The number of hydrogen-bond acceptors (Lipinski definition) is 1. The average Bonchev–Trinajstić information content (AvgIpc) is 2.15. The molecule has 1 N–H and O–H groups in total. The maximum absolute atomic E-state index is 5.78. The smallest absolute Gasteiger partial charge is 0.0406 e. The SMILES string of the molecule is CC(C)NC/C=C\c1ccc(Cl)cc1. The summed E-state index contributed by atoms with van der Waals surface area (Å²) >= 11 is 5.78. The van der Waals surface area contributed by atoms with Gasteiger partial charge in [-0.3, -0.25) is 0 Å². The van der Waals surface area contributed by atoms with Gasteiger partial charge in [0, 0.05) is 17.6 Å². The van der Waals surface area contributed by atoms with E-state index >= 15 is 0 Å². The first kappa shape index (κ1) is 11.3. The van der Waals surface area contributed by atoms with Crippen molar-refractivity contribution in [2.45, 2.75) is 19.9 Å². The normalized spacial score (nSPS) is 11.4. The molecular formula is C12H16ClN. The zero-order chi connectivity index (χ0) is 10.4. The van der Waals surface area contributed by atoms with Gasteiger partial charge >= 0.3 is 0 Å². The van der Waals surface area contributed by atoms with Gasteiger partial charge in [0.1, 0.15) is 0 Å². The van der Waals surface area contributed by atoms with Crippen LogP contribution in [0.15, 0.2) is 30.3 Å². The molecule has 0 fully saturated rings. The summed E-state index contributed by atoms with van der Waals surface area (Å²) in [6, 6.07) is 8.35. The Kier molecular flexibility index (Phi) is 4.71. The van der Waals surface area contributed by atoms with Gasteiger partial charge < -0.3 is 5.32 Å². The van der Waals surface area contributed by atoms with E-state index in [1.165, 1.54) is 5.56 Å². The second-order valence-electron chi connectivity index (χ2n) is 3.52. The Labute approximate surface area is 90.8 Å². The van der Waals surface area contributed by atoms with Crippen molar-refractivity contribution < 1.29 is 0 Å².